The first-order chi connectivity index (χ1) is 16.6. The van der Waals surface area contributed by atoms with Gasteiger partial charge in [0.2, 0.25) is 5.91 Å². The third-order valence-electron chi connectivity index (χ3n) is 6.25. The van der Waals surface area contributed by atoms with Crippen LogP contribution in [-0.4, -0.2) is 63.8 Å². The van der Waals surface area contributed by atoms with Gasteiger partial charge in [0.1, 0.15) is 6.04 Å². The van der Waals surface area contributed by atoms with Crippen LogP contribution in [0.4, 0.5) is 29.3 Å². The zero-order chi connectivity index (χ0) is 24.9. The van der Waals surface area contributed by atoms with Crippen LogP contribution in [0, 0.1) is 0 Å². The molecular formula is C22H21ClF3N7O2. The van der Waals surface area contributed by atoms with Gasteiger partial charge in [-0.3, -0.25) is 4.79 Å². The highest BCUT2D eigenvalue weighted by atomic mass is 35.5. The van der Waals surface area contributed by atoms with Crippen LogP contribution in [0.2, 0.25) is 5.15 Å². The Morgan fingerprint density at radius 1 is 1.29 bits per heavy atom. The molecule has 3 amide bonds. The Morgan fingerprint density at radius 2 is 2.03 bits per heavy atom. The Morgan fingerprint density at radius 3 is 2.69 bits per heavy atom. The molecular weight excluding hydrogens is 487 g/mol. The largest absolute Gasteiger partial charge is 0.413 e. The third-order valence-corrected chi connectivity index (χ3v) is 6.44. The van der Waals surface area contributed by atoms with E-state index in [-0.39, 0.29) is 12.1 Å². The first-order valence-electron chi connectivity index (χ1n) is 10.9. The second-order valence-electron chi connectivity index (χ2n) is 8.47. The van der Waals surface area contributed by atoms with Crippen molar-refractivity contribution in [1.82, 2.24) is 30.1 Å². The zero-order valence-corrected chi connectivity index (χ0v) is 19.3. The van der Waals surface area contributed by atoms with Crippen LogP contribution in [0.25, 0.3) is 5.65 Å². The summed E-state index contributed by atoms with van der Waals surface area (Å²) in [6, 6.07) is 3.79. The molecule has 2 aliphatic rings. The minimum absolute atomic E-state index is 0.0668. The number of nitrogens with zero attached hydrogens (tertiary/aromatic N) is 5. The van der Waals surface area contributed by atoms with Crippen molar-refractivity contribution in [3.63, 3.8) is 0 Å². The van der Waals surface area contributed by atoms with Gasteiger partial charge in [-0.05, 0) is 30.5 Å². The summed E-state index contributed by atoms with van der Waals surface area (Å²) in [5.41, 5.74) is 2.96. The number of hydrogen-bond acceptors (Lipinski definition) is 5. The van der Waals surface area contributed by atoms with Crippen molar-refractivity contribution < 1.29 is 22.8 Å². The SMILES string of the molecule is CN(C(=O)C1CNC(=O)N1)[C@@H](c1ccc(N2CCCc3c2cnc2cc(Cl)nn32)cc1)C(F)(F)F. The number of amides is 3. The highest BCUT2D eigenvalue weighted by molar-refractivity contribution is 6.29. The number of hydrogen-bond donors (Lipinski definition) is 2. The molecule has 4 heterocycles. The van der Waals surface area contributed by atoms with Gasteiger partial charge in [-0.1, -0.05) is 23.7 Å². The van der Waals surface area contributed by atoms with E-state index in [1.165, 1.54) is 12.1 Å². The van der Waals surface area contributed by atoms with Gasteiger partial charge in [0.15, 0.2) is 16.8 Å². The molecule has 2 aromatic heterocycles. The number of carbonyl (C=O) groups excluding carboxylic acids is 2. The number of aryl methyl sites for hydroxylation is 1. The molecule has 184 valence electrons. The van der Waals surface area contributed by atoms with Gasteiger partial charge in [0.25, 0.3) is 0 Å². The van der Waals surface area contributed by atoms with Crippen molar-refractivity contribution in [1.29, 1.82) is 0 Å². The van der Waals surface area contributed by atoms with Gasteiger partial charge in [0, 0.05) is 31.9 Å². The van der Waals surface area contributed by atoms with E-state index in [4.69, 9.17) is 11.6 Å². The van der Waals surface area contributed by atoms with Crippen molar-refractivity contribution in [2.24, 2.45) is 0 Å². The number of fused-ring (bicyclic) bond motifs is 3. The van der Waals surface area contributed by atoms with Crippen LogP contribution in [0.1, 0.15) is 23.7 Å². The molecule has 1 fully saturated rings. The molecule has 5 rings (SSSR count). The van der Waals surface area contributed by atoms with Crippen LogP contribution in [0.3, 0.4) is 0 Å². The Labute approximate surface area is 202 Å². The number of nitrogens with one attached hydrogen (secondary N) is 2. The summed E-state index contributed by atoms with van der Waals surface area (Å²) in [7, 11) is 1.09. The lowest BCUT2D eigenvalue weighted by Crippen LogP contribution is -2.48. The van der Waals surface area contributed by atoms with Crippen molar-refractivity contribution in [3.8, 4) is 0 Å². The minimum atomic E-state index is -4.71. The predicted molar refractivity (Wildman–Crippen MR) is 122 cm³/mol. The Bertz CT molecular complexity index is 1290. The van der Waals surface area contributed by atoms with E-state index in [0.29, 0.717) is 27.9 Å². The number of benzene rings is 1. The lowest BCUT2D eigenvalue weighted by atomic mass is 10.0. The highest BCUT2D eigenvalue weighted by Gasteiger charge is 2.47. The topological polar surface area (TPSA) is 94.9 Å². The van der Waals surface area contributed by atoms with Gasteiger partial charge in [-0.2, -0.15) is 18.3 Å². The summed E-state index contributed by atoms with van der Waals surface area (Å²) in [4.78, 5) is 31.0. The van der Waals surface area contributed by atoms with Crippen LogP contribution in [0.15, 0.2) is 36.5 Å². The first-order valence-corrected chi connectivity index (χ1v) is 11.3. The van der Waals surface area contributed by atoms with E-state index >= 15 is 0 Å². The number of carbonyl (C=O) groups is 2. The zero-order valence-electron chi connectivity index (χ0n) is 18.5. The quantitative estimate of drug-likeness (QED) is 0.565. The van der Waals surface area contributed by atoms with Crippen LogP contribution in [0.5, 0.6) is 0 Å². The number of anilines is 2. The molecule has 2 aliphatic heterocycles. The lowest BCUT2D eigenvalue weighted by molar-refractivity contribution is -0.189. The maximum atomic E-state index is 14.0. The lowest BCUT2D eigenvalue weighted by Gasteiger charge is -2.33. The standard InChI is InChI=1S/C22H21ClF3N7O2/c1-31(20(34)14-10-28-21(35)29-14)19(22(24,25)26)12-4-6-13(7-5-12)32-8-2-3-15-16(32)11-27-18-9-17(23)30-33(15)18/h4-7,9,11,14,19H,2-3,8,10H2,1H3,(H2,28,29,35)/t14?,19-/m0/s1. The fraction of sp³-hybridized carbons (Fsp3) is 0.364. The average Bonchev–Trinajstić information content (AvgIpc) is 3.42. The summed E-state index contributed by atoms with van der Waals surface area (Å²) in [5, 5.41) is 9.34. The van der Waals surface area contributed by atoms with Gasteiger partial charge in [-0.25, -0.2) is 14.3 Å². The molecule has 0 spiro atoms. The maximum absolute atomic E-state index is 14.0. The normalized spacial score (nSPS) is 18.7. The fourth-order valence-corrected chi connectivity index (χ4v) is 4.82. The van der Waals surface area contributed by atoms with Gasteiger partial charge < -0.3 is 20.4 Å². The summed E-state index contributed by atoms with van der Waals surface area (Å²) in [5.74, 6) is -0.826. The molecule has 0 radical (unpaired) electrons. The monoisotopic (exact) mass is 507 g/mol. The number of halogens is 4. The number of aromatic nitrogens is 3. The Balaban J connectivity index is 1.44. The fourth-order valence-electron chi connectivity index (χ4n) is 4.64. The molecule has 0 saturated carbocycles. The molecule has 0 aliphatic carbocycles. The first kappa shape index (κ1) is 23.2. The molecule has 1 saturated heterocycles. The molecule has 1 unspecified atom stereocenters. The second kappa shape index (κ2) is 8.59. The summed E-state index contributed by atoms with van der Waals surface area (Å²) in [6.07, 6.45) is -1.43. The molecule has 0 bridgehead atoms. The number of urea groups is 1. The number of likely N-dealkylation sites (N-methyl/N-ethyl adjacent to an activating group) is 1. The molecule has 9 nitrogen and oxygen atoms in total. The number of alkyl halides is 3. The molecule has 2 atom stereocenters. The van der Waals surface area contributed by atoms with E-state index in [1.54, 1.807) is 28.9 Å². The number of rotatable bonds is 4. The molecule has 1 aromatic carbocycles. The predicted octanol–water partition coefficient (Wildman–Crippen LogP) is 3.21. The molecule has 13 heteroatoms. The maximum Gasteiger partial charge on any atom is 0.413 e. The van der Waals surface area contributed by atoms with E-state index in [1.807, 2.05) is 4.90 Å². The highest BCUT2D eigenvalue weighted by Crippen LogP contribution is 2.39. The Kier molecular flexibility index (Phi) is 5.70. The van der Waals surface area contributed by atoms with E-state index in [9.17, 15) is 22.8 Å². The van der Waals surface area contributed by atoms with Crippen LogP contribution < -0.4 is 15.5 Å². The third kappa shape index (κ3) is 4.22. The van der Waals surface area contributed by atoms with E-state index < -0.39 is 30.2 Å². The van der Waals surface area contributed by atoms with Crippen molar-refractivity contribution in [2.75, 3.05) is 25.0 Å². The average molecular weight is 508 g/mol. The molecule has 2 N–H and O–H groups in total. The van der Waals surface area contributed by atoms with Crippen molar-refractivity contribution in [3.05, 3.63) is 52.9 Å². The second-order valence-corrected chi connectivity index (χ2v) is 8.86. The van der Waals surface area contributed by atoms with Crippen LogP contribution >= 0.6 is 11.6 Å². The Hall–Kier alpha value is -3.54. The van der Waals surface area contributed by atoms with Crippen LogP contribution in [-0.2, 0) is 11.2 Å². The smallest absolute Gasteiger partial charge is 0.339 e. The summed E-state index contributed by atoms with van der Waals surface area (Å²) in [6.45, 7) is 0.590. The van der Waals surface area contributed by atoms with Crippen molar-refractivity contribution >= 4 is 40.6 Å². The van der Waals surface area contributed by atoms with E-state index in [2.05, 4.69) is 20.7 Å². The van der Waals surface area contributed by atoms with Gasteiger partial charge in [0.05, 0.1) is 17.6 Å². The molecule has 3 aromatic rings. The summed E-state index contributed by atoms with van der Waals surface area (Å²) < 4.78 is 43.8. The molecule has 35 heavy (non-hydrogen) atoms. The van der Waals surface area contributed by atoms with Gasteiger partial charge in [-0.15, -0.1) is 0 Å². The summed E-state index contributed by atoms with van der Waals surface area (Å²) >= 11 is 6.03. The minimum Gasteiger partial charge on any atom is -0.339 e. The van der Waals surface area contributed by atoms with E-state index in [0.717, 1.165) is 31.3 Å². The van der Waals surface area contributed by atoms with Gasteiger partial charge >= 0.3 is 12.2 Å². The van der Waals surface area contributed by atoms with Crippen molar-refractivity contribution in [2.45, 2.75) is 31.1 Å².